The number of para-hydroxylation sites is 1. The lowest BCUT2D eigenvalue weighted by Crippen LogP contribution is -2.19. The SMILES string of the molecule is C[Si](C)Oc1c(C#N)ccc(N=C=Nc2ccccc2Br)c1C(C)(C)C. The molecular weight excluding hydrogens is 406 g/mol. The normalized spacial score (nSPS) is 10.8. The predicted molar refractivity (Wildman–Crippen MR) is 111 cm³/mol. The molecule has 133 valence electrons. The minimum absolute atomic E-state index is 0.243. The average molecular weight is 427 g/mol. The molecule has 0 saturated heterocycles. The largest absolute Gasteiger partial charge is 0.541 e. The molecule has 2 aromatic carbocycles. The van der Waals surface area contributed by atoms with Gasteiger partial charge in [-0.3, -0.25) is 0 Å². The van der Waals surface area contributed by atoms with Gasteiger partial charge in [-0.1, -0.05) is 32.9 Å². The Hall–Kier alpha value is -2.19. The number of aliphatic imine (C=N–C) groups is 2. The van der Waals surface area contributed by atoms with Gasteiger partial charge in [-0.05, 0) is 58.7 Å². The van der Waals surface area contributed by atoms with Crippen molar-refractivity contribution in [2.24, 2.45) is 9.98 Å². The fourth-order valence-electron chi connectivity index (χ4n) is 2.46. The molecule has 0 amide bonds. The molecule has 0 aliphatic heterocycles. The van der Waals surface area contributed by atoms with Gasteiger partial charge in [-0.25, -0.2) is 0 Å². The molecular formula is C20H21BrN3OSi. The average Bonchev–Trinajstić information content (AvgIpc) is 2.55. The summed E-state index contributed by atoms with van der Waals surface area (Å²) in [5.41, 5.74) is 2.66. The van der Waals surface area contributed by atoms with Gasteiger partial charge in [-0.2, -0.15) is 15.2 Å². The van der Waals surface area contributed by atoms with Gasteiger partial charge in [0, 0.05) is 10.0 Å². The molecule has 2 aromatic rings. The van der Waals surface area contributed by atoms with E-state index < -0.39 is 9.04 Å². The van der Waals surface area contributed by atoms with Crippen LogP contribution in [-0.4, -0.2) is 15.0 Å². The van der Waals surface area contributed by atoms with Crippen LogP contribution in [0.1, 0.15) is 31.9 Å². The number of halogens is 1. The fourth-order valence-corrected chi connectivity index (χ4v) is 3.46. The highest BCUT2D eigenvalue weighted by atomic mass is 79.9. The Morgan fingerprint density at radius 1 is 1.04 bits per heavy atom. The molecule has 0 aromatic heterocycles. The number of hydrogen-bond donors (Lipinski definition) is 0. The van der Waals surface area contributed by atoms with E-state index in [-0.39, 0.29) is 5.41 Å². The Kier molecular flexibility index (Phi) is 6.55. The van der Waals surface area contributed by atoms with E-state index in [2.05, 4.69) is 58.8 Å². The second-order valence-electron chi connectivity index (χ2n) is 6.98. The van der Waals surface area contributed by atoms with E-state index in [0.29, 0.717) is 17.0 Å². The molecule has 0 N–H and O–H groups in total. The minimum Gasteiger partial charge on any atom is -0.541 e. The van der Waals surface area contributed by atoms with E-state index in [1.807, 2.05) is 43.4 Å². The van der Waals surface area contributed by atoms with Crippen molar-refractivity contribution in [3.63, 3.8) is 0 Å². The molecule has 0 unspecified atom stereocenters. The molecule has 6 heteroatoms. The molecule has 4 nitrogen and oxygen atoms in total. The van der Waals surface area contributed by atoms with Crippen molar-refractivity contribution in [2.45, 2.75) is 39.3 Å². The van der Waals surface area contributed by atoms with Crippen molar-refractivity contribution in [2.75, 3.05) is 0 Å². The molecule has 26 heavy (non-hydrogen) atoms. The second-order valence-corrected chi connectivity index (χ2v) is 9.86. The van der Waals surface area contributed by atoms with Crippen LogP contribution in [0.3, 0.4) is 0 Å². The zero-order valence-electron chi connectivity index (χ0n) is 15.6. The van der Waals surface area contributed by atoms with Gasteiger partial charge in [0.25, 0.3) is 9.04 Å². The van der Waals surface area contributed by atoms with E-state index in [1.54, 1.807) is 6.07 Å². The summed E-state index contributed by atoms with van der Waals surface area (Å²) in [6.45, 7) is 10.3. The van der Waals surface area contributed by atoms with Crippen molar-refractivity contribution in [1.82, 2.24) is 0 Å². The quantitative estimate of drug-likeness (QED) is 0.420. The minimum atomic E-state index is -1.03. The maximum atomic E-state index is 9.48. The Morgan fingerprint density at radius 3 is 2.27 bits per heavy atom. The van der Waals surface area contributed by atoms with Crippen molar-refractivity contribution in [3.05, 3.63) is 52.0 Å². The summed E-state index contributed by atoms with van der Waals surface area (Å²) in [4.78, 5) is 8.73. The van der Waals surface area contributed by atoms with Crippen LogP contribution < -0.4 is 4.43 Å². The van der Waals surface area contributed by atoms with Crippen LogP contribution in [0.5, 0.6) is 5.75 Å². The standard InChI is InChI=1S/C20H21BrN3OSi/c1-20(2,3)18-17(11-10-14(12-22)19(18)25-26(4)5)24-13-23-16-9-7-6-8-15(16)21/h6-11H,1-5H3. The van der Waals surface area contributed by atoms with Crippen LogP contribution in [0.2, 0.25) is 13.1 Å². The van der Waals surface area contributed by atoms with E-state index in [0.717, 1.165) is 15.7 Å². The maximum Gasteiger partial charge on any atom is 0.274 e. The summed E-state index contributed by atoms with van der Waals surface area (Å²) in [6.07, 6.45) is 0. The lowest BCUT2D eigenvalue weighted by molar-refractivity contribution is 0.520. The third-order valence-corrected chi connectivity index (χ3v) is 4.79. The molecule has 0 saturated carbocycles. The summed E-state index contributed by atoms with van der Waals surface area (Å²) in [5.74, 6) is 0.628. The van der Waals surface area contributed by atoms with Gasteiger partial charge in [0.05, 0.1) is 16.9 Å². The molecule has 0 aliphatic rings. The molecule has 0 atom stereocenters. The molecule has 0 aliphatic carbocycles. The Bertz CT molecular complexity index is 904. The van der Waals surface area contributed by atoms with Gasteiger partial charge in [0.2, 0.25) is 0 Å². The van der Waals surface area contributed by atoms with Crippen LogP contribution in [0.4, 0.5) is 11.4 Å². The maximum absolute atomic E-state index is 9.48. The zero-order chi connectivity index (χ0) is 19.3. The smallest absolute Gasteiger partial charge is 0.274 e. The highest BCUT2D eigenvalue weighted by Crippen LogP contribution is 2.41. The first-order chi connectivity index (χ1) is 12.2. The van der Waals surface area contributed by atoms with Crippen molar-refractivity contribution < 1.29 is 4.43 Å². The number of nitrogens with zero attached hydrogens (tertiary/aromatic N) is 3. The summed E-state index contributed by atoms with van der Waals surface area (Å²) in [7, 11) is -1.03. The summed E-state index contributed by atoms with van der Waals surface area (Å²) < 4.78 is 6.95. The van der Waals surface area contributed by atoms with E-state index >= 15 is 0 Å². The summed E-state index contributed by atoms with van der Waals surface area (Å²) in [6, 6.07) is 16.2. The molecule has 0 bridgehead atoms. The van der Waals surface area contributed by atoms with Crippen LogP contribution in [0, 0.1) is 11.3 Å². The first-order valence-corrected chi connectivity index (χ1v) is 11.4. The second kappa shape index (κ2) is 8.46. The van der Waals surface area contributed by atoms with E-state index in [4.69, 9.17) is 4.43 Å². The molecule has 0 spiro atoms. The number of nitriles is 1. The highest BCUT2D eigenvalue weighted by Gasteiger charge is 2.26. The van der Waals surface area contributed by atoms with Gasteiger partial charge >= 0.3 is 0 Å². The number of benzene rings is 2. The Labute approximate surface area is 165 Å². The first-order valence-electron chi connectivity index (χ1n) is 8.20. The van der Waals surface area contributed by atoms with Gasteiger partial charge in [0.15, 0.2) is 0 Å². The molecule has 2 rings (SSSR count). The third kappa shape index (κ3) is 4.92. The Morgan fingerprint density at radius 2 is 1.69 bits per heavy atom. The predicted octanol–water partition coefficient (Wildman–Crippen LogP) is 6.39. The topological polar surface area (TPSA) is 57.7 Å². The molecule has 0 heterocycles. The van der Waals surface area contributed by atoms with Crippen molar-refractivity contribution >= 4 is 42.4 Å². The van der Waals surface area contributed by atoms with Crippen LogP contribution in [0.15, 0.2) is 50.9 Å². The highest BCUT2D eigenvalue weighted by molar-refractivity contribution is 9.10. The van der Waals surface area contributed by atoms with E-state index in [9.17, 15) is 5.26 Å². The lowest BCUT2D eigenvalue weighted by atomic mass is 9.84. The summed E-state index contributed by atoms with van der Waals surface area (Å²) in [5, 5.41) is 9.48. The van der Waals surface area contributed by atoms with Crippen LogP contribution in [-0.2, 0) is 5.41 Å². The fraction of sp³-hybridized carbons (Fsp3) is 0.300. The molecule has 1 radical (unpaired) electrons. The van der Waals surface area contributed by atoms with E-state index in [1.165, 1.54) is 0 Å². The van der Waals surface area contributed by atoms with Crippen LogP contribution >= 0.6 is 15.9 Å². The number of rotatable bonds is 4. The lowest BCUT2D eigenvalue weighted by Gasteiger charge is -2.26. The summed E-state index contributed by atoms with van der Waals surface area (Å²) >= 11 is 3.46. The van der Waals surface area contributed by atoms with Crippen LogP contribution in [0.25, 0.3) is 0 Å². The monoisotopic (exact) mass is 426 g/mol. The third-order valence-electron chi connectivity index (χ3n) is 3.51. The van der Waals surface area contributed by atoms with Crippen molar-refractivity contribution in [1.29, 1.82) is 5.26 Å². The zero-order valence-corrected chi connectivity index (χ0v) is 18.2. The van der Waals surface area contributed by atoms with Gasteiger partial charge in [-0.15, -0.1) is 0 Å². The number of hydrogen-bond acceptors (Lipinski definition) is 4. The van der Waals surface area contributed by atoms with Crippen molar-refractivity contribution in [3.8, 4) is 11.8 Å². The Balaban J connectivity index is 2.60. The van der Waals surface area contributed by atoms with Gasteiger partial charge < -0.3 is 4.43 Å². The first kappa shape index (κ1) is 20.1. The molecule has 0 fully saturated rings. The van der Waals surface area contributed by atoms with Gasteiger partial charge in [0.1, 0.15) is 17.8 Å².